The summed E-state index contributed by atoms with van der Waals surface area (Å²) < 4.78 is 7.33. The fourth-order valence-electron chi connectivity index (χ4n) is 3.14. The van der Waals surface area contributed by atoms with E-state index < -0.39 is 0 Å². The minimum absolute atomic E-state index is 0.122. The van der Waals surface area contributed by atoms with Crippen LogP contribution in [0.5, 0.6) is 0 Å². The number of pyridine rings is 1. The van der Waals surface area contributed by atoms with Gasteiger partial charge in [-0.15, -0.1) is 0 Å². The molecule has 1 aromatic carbocycles. The Morgan fingerprint density at radius 3 is 3.08 bits per heavy atom. The maximum absolute atomic E-state index is 12.4. The molecule has 24 heavy (non-hydrogen) atoms. The van der Waals surface area contributed by atoms with E-state index >= 15 is 0 Å². The lowest BCUT2D eigenvalue weighted by Crippen LogP contribution is -2.27. The van der Waals surface area contributed by atoms with Crippen molar-refractivity contribution >= 4 is 33.7 Å². The molecule has 1 fully saturated rings. The Balaban J connectivity index is 1.78. The second kappa shape index (κ2) is 6.20. The lowest BCUT2D eigenvalue weighted by molar-refractivity contribution is -0.124. The highest BCUT2D eigenvalue weighted by Crippen LogP contribution is 2.26. The number of para-hydroxylation sites is 1. The van der Waals surface area contributed by atoms with Crippen LogP contribution >= 0.6 is 0 Å². The summed E-state index contributed by atoms with van der Waals surface area (Å²) in [4.78, 5) is 17.1. The number of ether oxygens (including phenoxy) is 1. The van der Waals surface area contributed by atoms with Crippen LogP contribution in [0.15, 0.2) is 30.3 Å². The summed E-state index contributed by atoms with van der Waals surface area (Å²) in [6, 6.07) is 10.0. The van der Waals surface area contributed by atoms with E-state index in [2.05, 4.69) is 17.3 Å². The van der Waals surface area contributed by atoms with E-state index in [1.165, 1.54) is 0 Å². The predicted molar refractivity (Wildman–Crippen MR) is 92.9 cm³/mol. The average Bonchev–Trinajstić information content (AvgIpc) is 3.23. The predicted octanol–water partition coefficient (Wildman–Crippen LogP) is 3.11. The van der Waals surface area contributed by atoms with Crippen molar-refractivity contribution in [1.82, 2.24) is 14.8 Å². The van der Waals surface area contributed by atoms with E-state index in [1.807, 2.05) is 35.0 Å². The molecule has 6 heteroatoms. The second-order valence-electron chi connectivity index (χ2n) is 6.11. The molecule has 1 unspecified atom stereocenters. The summed E-state index contributed by atoms with van der Waals surface area (Å²) >= 11 is 0. The molecule has 3 heterocycles. The van der Waals surface area contributed by atoms with Gasteiger partial charge in [-0.2, -0.15) is 5.10 Å². The van der Waals surface area contributed by atoms with Crippen LogP contribution in [0.1, 0.15) is 26.2 Å². The van der Waals surface area contributed by atoms with Crippen LogP contribution in [0, 0.1) is 0 Å². The fourth-order valence-corrected chi connectivity index (χ4v) is 3.14. The Hall–Kier alpha value is -2.47. The van der Waals surface area contributed by atoms with Crippen molar-refractivity contribution in [1.29, 1.82) is 0 Å². The van der Waals surface area contributed by atoms with Crippen LogP contribution in [-0.4, -0.2) is 33.4 Å². The number of anilines is 1. The molecule has 1 atom stereocenters. The molecule has 1 N–H and O–H groups in total. The number of aryl methyl sites for hydroxylation is 1. The highest BCUT2D eigenvalue weighted by atomic mass is 16.5. The number of fused-ring (bicyclic) bond motifs is 2. The monoisotopic (exact) mass is 324 g/mol. The maximum atomic E-state index is 12.4. The molecule has 1 aliphatic heterocycles. The van der Waals surface area contributed by atoms with Crippen molar-refractivity contribution in [2.45, 2.75) is 38.8 Å². The zero-order valence-corrected chi connectivity index (χ0v) is 13.7. The Kier molecular flexibility index (Phi) is 3.90. The van der Waals surface area contributed by atoms with E-state index in [0.29, 0.717) is 12.4 Å². The maximum Gasteiger partial charge on any atom is 0.254 e. The fraction of sp³-hybridized carbons (Fsp3) is 0.389. The van der Waals surface area contributed by atoms with Crippen molar-refractivity contribution in [2.24, 2.45) is 0 Å². The van der Waals surface area contributed by atoms with Crippen molar-refractivity contribution in [3.05, 3.63) is 30.3 Å². The van der Waals surface area contributed by atoms with E-state index in [4.69, 9.17) is 9.72 Å². The first kappa shape index (κ1) is 15.1. The number of benzene rings is 1. The van der Waals surface area contributed by atoms with E-state index in [0.717, 1.165) is 47.7 Å². The van der Waals surface area contributed by atoms with Gasteiger partial charge in [0.15, 0.2) is 11.5 Å². The van der Waals surface area contributed by atoms with Crippen molar-refractivity contribution in [3.8, 4) is 0 Å². The van der Waals surface area contributed by atoms with E-state index in [1.54, 1.807) is 0 Å². The molecule has 2 aromatic heterocycles. The minimum atomic E-state index is -0.371. The Bertz CT molecular complexity index is 897. The SMILES string of the molecule is CCCn1nc(NC(=O)C2CCCO2)c2cc3ccccc3nc21. The summed E-state index contributed by atoms with van der Waals surface area (Å²) in [5, 5.41) is 9.42. The number of aromatic nitrogens is 3. The van der Waals surface area contributed by atoms with Gasteiger partial charge in [-0.25, -0.2) is 9.67 Å². The van der Waals surface area contributed by atoms with Crippen LogP contribution in [0.25, 0.3) is 21.9 Å². The molecule has 0 saturated carbocycles. The first-order chi connectivity index (χ1) is 11.8. The first-order valence-electron chi connectivity index (χ1n) is 8.45. The Labute approximate surface area is 139 Å². The number of carbonyl (C=O) groups is 1. The molecule has 1 aliphatic rings. The van der Waals surface area contributed by atoms with Gasteiger partial charge in [0, 0.05) is 18.5 Å². The summed E-state index contributed by atoms with van der Waals surface area (Å²) in [5.41, 5.74) is 1.73. The highest BCUT2D eigenvalue weighted by molar-refractivity contribution is 6.03. The highest BCUT2D eigenvalue weighted by Gasteiger charge is 2.25. The molecule has 0 bridgehead atoms. The molecule has 4 rings (SSSR count). The summed E-state index contributed by atoms with van der Waals surface area (Å²) in [6.45, 7) is 3.51. The van der Waals surface area contributed by atoms with Crippen molar-refractivity contribution in [3.63, 3.8) is 0 Å². The number of hydrogen-bond donors (Lipinski definition) is 1. The Morgan fingerprint density at radius 2 is 2.29 bits per heavy atom. The number of nitrogens with one attached hydrogen (secondary N) is 1. The van der Waals surface area contributed by atoms with Crippen LogP contribution in [-0.2, 0) is 16.1 Å². The molecule has 124 valence electrons. The number of rotatable bonds is 4. The molecule has 0 spiro atoms. The molecule has 3 aromatic rings. The summed E-state index contributed by atoms with van der Waals surface area (Å²) in [5.74, 6) is 0.445. The van der Waals surface area contributed by atoms with Gasteiger partial charge < -0.3 is 10.1 Å². The number of amides is 1. The molecular weight excluding hydrogens is 304 g/mol. The van der Waals surface area contributed by atoms with Crippen LogP contribution < -0.4 is 5.32 Å². The summed E-state index contributed by atoms with van der Waals surface area (Å²) in [7, 11) is 0. The number of carbonyl (C=O) groups excluding carboxylic acids is 1. The molecule has 0 aliphatic carbocycles. The Morgan fingerprint density at radius 1 is 1.42 bits per heavy atom. The third-order valence-corrected chi connectivity index (χ3v) is 4.32. The zero-order chi connectivity index (χ0) is 16.5. The quantitative estimate of drug-likeness (QED) is 0.800. The van der Waals surface area contributed by atoms with Gasteiger partial charge in [-0.3, -0.25) is 4.79 Å². The molecule has 1 saturated heterocycles. The molecule has 6 nitrogen and oxygen atoms in total. The lowest BCUT2D eigenvalue weighted by Gasteiger charge is -2.08. The van der Waals surface area contributed by atoms with Gasteiger partial charge in [-0.05, 0) is 31.4 Å². The largest absolute Gasteiger partial charge is 0.368 e. The third-order valence-electron chi connectivity index (χ3n) is 4.32. The van der Waals surface area contributed by atoms with Gasteiger partial charge in [0.05, 0.1) is 10.9 Å². The second-order valence-corrected chi connectivity index (χ2v) is 6.11. The van der Waals surface area contributed by atoms with E-state index in [-0.39, 0.29) is 12.0 Å². The van der Waals surface area contributed by atoms with Crippen molar-refractivity contribution < 1.29 is 9.53 Å². The van der Waals surface area contributed by atoms with Gasteiger partial charge in [0.2, 0.25) is 0 Å². The van der Waals surface area contributed by atoms with Crippen LogP contribution in [0.3, 0.4) is 0 Å². The summed E-state index contributed by atoms with van der Waals surface area (Å²) in [6.07, 6.45) is 2.27. The zero-order valence-electron chi connectivity index (χ0n) is 13.7. The average molecular weight is 324 g/mol. The lowest BCUT2D eigenvalue weighted by atomic mass is 10.2. The van der Waals surface area contributed by atoms with Gasteiger partial charge in [0.25, 0.3) is 5.91 Å². The van der Waals surface area contributed by atoms with Gasteiger partial charge in [-0.1, -0.05) is 25.1 Å². The third kappa shape index (κ3) is 2.63. The minimum Gasteiger partial charge on any atom is -0.368 e. The normalized spacial score (nSPS) is 17.6. The number of hydrogen-bond acceptors (Lipinski definition) is 4. The smallest absolute Gasteiger partial charge is 0.254 e. The molecular formula is C18H20N4O2. The topological polar surface area (TPSA) is 69.0 Å². The van der Waals surface area contributed by atoms with E-state index in [9.17, 15) is 4.79 Å². The molecule has 1 amide bonds. The first-order valence-corrected chi connectivity index (χ1v) is 8.45. The standard InChI is InChI=1S/C18H20N4O2/c1-2-9-22-17-13(11-12-6-3-4-7-14(12)19-17)16(21-22)20-18(23)15-8-5-10-24-15/h3-4,6-7,11,15H,2,5,8-10H2,1H3,(H,20,21,23). The van der Waals surface area contributed by atoms with Crippen molar-refractivity contribution in [2.75, 3.05) is 11.9 Å². The van der Waals surface area contributed by atoms with Crippen LogP contribution in [0.2, 0.25) is 0 Å². The number of nitrogens with zero attached hydrogens (tertiary/aromatic N) is 3. The van der Waals surface area contributed by atoms with Crippen LogP contribution in [0.4, 0.5) is 5.82 Å². The van der Waals surface area contributed by atoms with Gasteiger partial charge in [0.1, 0.15) is 6.10 Å². The molecule has 0 radical (unpaired) electrons. The van der Waals surface area contributed by atoms with Gasteiger partial charge >= 0.3 is 0 Å².